The molecule has 0 radical (unpaired) electrons. The van der Waals surface area contributed by atoms with E-state index in [0.717, 1.165) is 18.1 Å². The van der Waals surface area contributed by atoms with Gasteiger partial charge in [0.15, 0.2) is 5.82 Å². The van der Waals surface area contributed by atoms with Gasteiger partial charge in [-0.15, -0.1) is 0 Å². The average molecular weight is 201 g/mol. The van der Waals surface area contributed by atoms with Gasteiger partial charge in [0.2, 0.25) is 0 Å². The number of aromatic nitrogens is 3. The summed E-state index contributed by atoms with van der Waals surface area (Å²) >= 11 is 0. The average Bonchev–Trinajstić information content (AvgIpc) is 2.68. The molecule has 0 saturated carbocycles. The molecule has 1 N–H and O–H groups in total. The number of rotatable bonds is 3. The van der Waals surface area contributed by atoms with Crippen LogP contribution in [0, 0.1) is 0 Å². The normalized spacial score (nSPS) is 10.9. The first-order valence-electron chi connectivity index (χ1n) is 5.21. The number of hydrogen-bond acceptors (Lipinski definition) is 2. The van der Waals surface area contributed by atoms with Crippen LogP contribution >= 0.6 is 0 Å². The quantitative estimate of drug-likeness (QED) is 0.829. The van der Waals surface area contributed by atoms with Gasteiger partial charge in [0.1, 0.15) is 5.82 Å². The van der Waals surface area contributed by atoms with Gasteiger partial charge >= 0.3 is 0 Å². The zero-order chi connectivity index (χ0) is 10.7. The van der Waals surface area contributed by atoms with Crippen LogP contribution in [0.4, 0.5) is 0 Å². The van der Waals surface area contributed by atoms with Gasteiger partial charge in [-0.3, -0.25) is 5.10 Å². The third-order valence-corrected chi connectivity index (χ3v) is 2.28. The maximum atomic E-state index is 4.44. The summed E-state index contributed by atoms with van der Waals surface area (Å²) in [6, 6.07) is 10.3. The minimum absolute atomic E-state index is 0.380. The van der Waals surface area contributed by atoms with E-state index in [4.69, 9.17) is 0 Å². The van der Waals surface area contributed by atoms with Gasteiger partial charge in [-0.1, -0.05) is 44.2 Å². The Bertz CT molecular complexity index is 417. The van der Waals surface area contributed by atoms with Crippen molar-refractivity contribution in [3.63, 3.8) is 0 Å². The fraction of sp³-hybridized carbons (Fsp3) is 0.333. The SMILES string of the molecule is CC(C)c1n[nH]c(Cc2ccccc2)n1. The van der Waals surface area contributed by atoms with E-state index in [2.05, 4.69) is 41.2 Å². The predicted octanol–water partition coefficient (Wildman–Crippen LogP) is 2.52. The van der Waals surface area contributed by atoms with Gasteiger partial charge in [0.05, 0.1) is 0 Å². The Labute approximate surface area is 89.6 Å². The standard InChI is InChI=1S/C12H15N3/c1-9(2)12-13-11(14-15-12)8-10-6-4-3-5-7-10/h3-7,9H,8H2,1-2H3,(H,13,14,15). The Hall–Kier alpha value is -1.64. The molecule has 0 aliphatic heterocycles. The van der Waals surface area contributed by atoms with Crippen LogP contribution in [0.15, 0.2) is 30.3 Å². The highest BCUT2D eigenvalue weighted by Crippen LogP contribution is 2.10. The van der Waals surface area contributed by atoms with E-state index in [1.165, 1.54) is 5.56 Å². The van der Waals surface area contributed by atoms with Crippen LogP contribution in [0.3, 0.4) is 0 Å². The summed E-state index contributed by atoms with van der Waals surface area (Å²) in [4.78, 5) is 4.44. The molecule has 0 atom stereocenters. The Morgan fingerprint density at radius 2 is 1.93 bits per heavy atom. The molecule has 1 aromatic heterocycles. The predicted molar refractivity (Wildman–Crippen MR) is 59.7 cm³/mol. The summed E-state index contributed by atoms with van der Waals surface area (Å²) in [5.41, 5.74) is 1.25. The van der Waals surface area contributed by atoms with E-state index in [9.17, 15) is 0 Å². The molecular formula is C12H15N3. The lowest BCUT2D eigenvalue weighted by atomic mass is 10.1. The van der Waals surface area contributed by atoms with Crippen molar-refractivity contribution < 1.29 is 0 Å². The van der Waals surface area contributed by atoms with Crippen LogP contribution in [0.1, 0.15) is 37.0 Å². The third kappa shape index (κ3) is 2.43. The van der Waals surface area contributed by atoms with Gasteiger partial charge in [-0.05, 0) is 5.56 Å². The molecular weight excluding hydrogens is 186 g/mol. The molecule has 0 aliphatic carbocycles. The Morgan fingerprint density at radius 3 is 2.53 bits per heavy atom. The van der Waals surface area contributed by atoms with Crippen molar-refractivity contribution in [1.29, 1.82) is 0 Å². The fourth-order valence-electron chi connectivity index (χ4n) is 1.44. The molecule has 2 rings (SSSR count). The van der Waals surface area contributed by atoms with E-state index < -0.39 is 0 Å². The molecule has 78 valence electrons. The van der Waals surface area contributed by atoms with Crippen LogP contribution in [0.25, 0.3) is 0 Å². The zero-order valence-corrected chi connectivity index (χ0v) is 9.07. The van der Waals surface area contributed by atoms with Crippen molar-refractivity contribution in [2.45, 2.75) is 26.2 Å². The molecule has 0 fully saturated rings. The molecule has 1 heterocycles. The monoisotopic (exact) mass is 201 g/mol. The lowest BCUT2D eigenvalue weighted by Gasteiger charge is -1.96. The van der Waals surface area contributed by atoms with Crippen LogP contribution in [-0.2, 0) is 6.42 Å². The summed E-state index contributed by atoms with van der Waals surface area (Å²) in [5.74, 6) is 2.21. The Kier molecular flexibility index (Phi) is 2.81. The Balaban J connectivity index is 2.12. The maximum Gasteiger partial charge on any atom is 0.153 e. The summed E-state index contributed by atoms with van der Waals surface area (Å²) in [6.45, 7) is 4.19. The summed E-state index contributed by atoms with van der Waals surface area (Å²) in [6.07, 6.45) is 0.820. The first-order valence-corrected chi connectivity index (χ1v) is 5.21. The van der Waals surface area contributed by atoms with Crippen LogP contribution in [0.2, 0.25) is 0 Å². The number of hydrogen-bond donors (Lipinski definition) is 1. The first-order chi connectivity index (χ1) is 7.25. The topological polar surface area (TPSA) is 41.6 Å². The van der Waals surface area contributed by atoms with Crippen LogP contribution in [0.5, 0.6) is 0 Å². The van der Waals surface area contributed by atoms with Crippen LogP contribution in [-0.4, -0.2) is 15.2 Å². The summed E-state index contributed by atoms with van der Waals surface area (Å²) in [5, 5.41) is 7.15. The highest BCUT2D eigenvalue weighted by Gasteiger charge is 2.06. The molecule has 0 saturated heterocycles. The summed E-state index contributed by atoms with van der Waals surface area (Å²) < 4.78 is 0. The van der Waals surface area contributed by atoms with Gasteiger partial charge in [0.25, 0.3) is 0 Å². The van der Waals surface area contributed by atoms with Crippen LogP contribution < -0.4 is 0 Å². The second kappa shape index (κ2) is 4.26. The molecule has 1 aromatic carbocycles. The molecule has 0 unspecified atom stereocenters. The van der Waals surface area contributed by atoms with E-state index in [-0.39, 0.29) is 0 Å². The minimum atomic E-state index is 0.380. The number of benzene rings is 1. The molecule has 0 bridgehead atoms. The summed E-state index contributed by atoms with van der Waals surface area (Å²) in [7, 11) is 0. The van der Waals surface area contributed by atoms with Gasteiger partial charge in [-0.25, -0.2) is 4.98 Å². The number of aromatic amines is 1. The molecule has 0 aliphatic rings. The number of nitrogens with zero attached hydrogens (tertiary/aromatic N) is 2. The maximum absolute atomic E-state index is 4.44. The van der Waals surface area contributed by atoms with Crippen molar-refractivity contribution in [2.24, 2.45) is 0 Å². The van der Waals surface area contributed by atoms with Gasteiger partial charge in [-0.2, -0.15) is 5.10 Å². The molecule has 0 spiro atoms. The molecule has 3 nitrogen and oxygen atoms in total. The molecule has 3 heteroatoms. The lowest BCUT2D eigenvalue weighted by Crippen LogP contribution is -1.92. The third-order valence-electron chi connectivity index (χ3n) is 2.28. The first kappa shape index (κ1) is 9.90. The molecule has 2 aromatic rings. The van der Waals surface area contributed by atoms with Crippen molar-refractivity contribution in [3.05, 3.63) is 47.5 Å². The van der Waals surface area contributed by atoms with Crippen molar-refractivity contribution in [1.82, 2.24) is 15.2 Å². The van der Waals surface area contributed by atoms with Gasteiger partial charge in [0, 0.05) is 12.3 Å². The minimum Gasteiger partial charge on any atom is -0.263 e. The van der Waals surface area contributed by atoms with E-state index >= 15 is 0 Å². The van der Waals surface area contributed by atoms with Crippen molar-refractivity contribution >= 4 is 0 Å². The number of H-pyrrole nitrogens is 1. The second-order valence-electron chi connectivity index (χ2n) is 3.96. The fourth-order valence-corrected chi connectivity index (χ4v) is 1.44. The molecule has 15 heavy (non-hydrogen) atoms. The van der Waals surface area contributed by atoms with E-state index in [1.54, 1.807) is 0 Å². The highest BCUT2D eigenvalue weighted by atomic mass is 15.2. The lowest BCUT2D eigenvalue weighted by molar-refractivity contribution is 0.780. The Morgan fingerprint density at radius 1 is 1.20 bits per heavy atom. The van der Waals surface area contributed by atoms with E-state index in [0.29, 0.717) is 5.92 Å². The zero-order valence-electron chi connectivity index (χ0n) is 9.07. The smallest absolute Gasteiger partial charge is 0.153 e. The second-order valence-corrected chi connectivity index (χ2v) is 3.96. The van der Waals surface area contributed by atoms with Crippen molar-refractivity contribution in [3.8, 4) is 0 Å². The molecule has 0 amide bonds. The highest BCUT2D eigenvalue weighted by molar-refractivity contribution is 5.18. The van der Waals surface area contributed by atoms with Gasteiger partial charge < -0.3 is 0 Å². The number of nitrogens with one attached hydrogen (secondary N) is 1. The van der Waals surface area contributed by atoms with Crippen molar-refractivity contribution in [2.75, 3.05) is 0 Å². The largest absolute Gasteiger partial charge is 0.263 e. The van der Waals surface area contributed by atoms with E-state index in [1.807, 2.05) is 18.2 Å².